The molecule has 0 unspecified atom stereocenters. The maximum absolute atomic E-state index is 4.67. The summed E-state index contributed by atoms with van der Waals surface area (Å²) < 4.78 is 2.04. The van der Waals surface area contributed by atoms with E-state index >= 15 is 0 Å². The molecule has 0 saturated carbocycles. The first-order valence-electron chi connectivity index (χ1n) is 8.46. The van der Waals surface area contributed by atoms with Gasteiger partial charge in [0.15, 0.2) is 0 Å². The van der Waals surface area contributed by atoms with Crippen LogP contribution in [0.1, 0.15) is 11.4 Å². The molecule has 3 heteroatoms. The molecule has 3 aromatic heterocycles. The van der Waals surface area contributed by atoms with Crippen LogP contribution in [0.15, 0.2) is 66.9 Å². The van der Waals surface area contributed by atoms with Crippen LogP contribution in [0, 0.1) is 13.8 Å². The molecule has 0 radical (unpaired) electrons. The van der Waals surface area contributed by atoms with Crippen LogP contribution in [0.3, 0.4) is 0 Å². The minimum absolute atomic E-state index is 1.04. The lowest BCUT2D eigenvalue weighted by Crippen LogP contribution is -1.96. The number of benzene rings is 2. The van der Waals surface area contributed by atoms with Gasteiger partial charge in [-0.15, -0.1) is 0 Å². The highest BCUT2D eigenvalue weighted by Gasteiger charge is 2.14. The SMILES string of the molecule is Cc1ccc(-c2cccc3c2c2ccccc2c2ccnn23)c(C)n1. The van der Waals surface area contributed by atoms with Gasteiger partial charge in [-0.2, -0.15) is 5.10 Å². The first-order chi connectivity index (χ1) is 12.2. The van der Waals surface area contributed by atoms with Gasteiger partial charge in [-0.1, -0.05) is 42.5 Å². The summed E-state index contributed by atoms with van der Waals surface area (Å²) in [6.07, 6.45) is 1.87. The highest BCUT2D eigenvalue weighted by Crippen LogP contribution is 2.36. The van der Waals surface area contributed by atoms with E-state index in [2.05, 4.69) is 77.7 Å². The van der Waals surface area contributed by atoms with Gasteiger partial charge in [0.25, 0.3) is 0 Å². The molecule has 0 saturated heterocycles. The van der Waals surface area contributed by atoms with E-state index in [0.29, 0.717) is 0 Å². The zero-order valence-corrected chi connectivity index (χ0v) is 14.2. The summed E-state index contributed by atoms with van der Waals surface area (Å²) in [5.74, 6) is 0. The van der Waals surface area contributed by atoms with Crippen molar-refractivity contribution in [2.45, 2.75) is 13.8 Å². The average Bonchev–Trinajstić information content (AvgIpc) is 3.12. The summed E-state index contributed by atoms with van der Waals surface area (Å²) in [5, 5.41) is 8.27. The summed E-state index contributed by atoms with van der Waals surface area (Å²) in [6, 6.07) is 21.3. The van der Waals surface area contributed by atoms with Crippen molar-refractivity contribution in [3.05, 3.63) is 78.2 Å². The highest BCUT2D eigenvalue weighted by molar-refractivity contribution is 6.17. The molecular weight excluding hydrogens is 306 g/mol. The number of rotatable bonds is 1. The van der Waals surface area contributed by atoms with E-state index in [9.17, 15) is 0 Å². The molecule has 2 aromatic carbocycles. The minimum Gasteiger partial charge on any atom is -0.258 e. The van der Waals surface area contributed by atoms with Crippen LogP contribution in [0.4, 0.5) is 0 Å². The fourth-order valence-corrected chi connectivity index (χ4v) is 3.82. The molecule has 5 rings (SSSR count). The van der Waals surface area contributed by atoms with Crippen LogP contribution in [0.2, 0.25) is 0 Å². The van der Waals surface area contributed by atoms with Crippen LogP contribution < -0.4 is 0 Å². The van der Waals surface area contributed by atoms with Crippen molar-refractivity contribution in [2.75, 3.05) is 0 Å². The third-order valence-electron chi connectivity index (χ3n) is 4.90. The van der Waals surface area contributed by atoms with E-state index in [1.807, 2.05) is 17.6 Å². The predicted molar refractivity (Wildman–Crippen MR) is 103 cm³/mol. The number of aromatic nitrogens is 3. The Hall–Kier alpha value is -3.20. The monoisotopic (exact) mass is 323 g/mol. The summed E-state index contributed by atoms with van der Waals surface area (Å²) in [6.45, 7) is 4.11. The lowest BCUT2D eigenvalue weighted by molar-refractivity contribution is 1.01. The van der Waals surface area contributed by atoms with E-state index in [0.717, 1.165) is 22.4 Å². The Labute approximate surface area is 145 Å². The molecule has 5 aromatic rings. The van der Waals surface area contributed by atoms with Crippen LogP contribution in [-0.2, 0) is 0 Å². The normalized spacial score (nSPS) is 11.6. The molecule has 0 atom stereocenters. The second-order valence-corrected chi connectivity index (χ2v) is 6.46. The molecule has 0 aliphatic carbocycles. The average molecular weight is 323 g/mol. The van der Waals surface area contributed by atoms with Gasteiger partial charge in [-0.25, -0.2) is 4.52 Å². The highest BCUT2D eigenvalue weighted by atomic mass is 15.2. The minimum atomic E-state index is 1.04. The molecule has 0 amide bonds. The number of hydrogen-bond acceptors (Lipinski definition) is 2. The Morgan fingerprint density at radius 3 is 2.40 bits per heavy atom. The van der Waals surface area contributed by atoms with Crippen LogP contribution in [0.25, 0.3) is 38.3 Å². The zero-order chi connectivity index (χ0) is 17.0. The van der Waals surface area contributed by atoms with Crippen molar-refractivity contribution in [1.82, 2.24) is 14.6 Å². The first-order valence-corrected chi connectivity index (χ1v) is 8.46. The molecule has 0 aliphatic rings. The van der Waals surface area contributed by atoms with Crippen molar-refractivity contribution in [3.63, 3.8) is 0 Å². The molecule has 25 heavy (non-hydrogen) atoms. The van der Waals surface area contributed by atoms with Gasteiger partial charge < -0.3 is 0 Å². The number of nitrogens with zero attached hydrogens (tertiary/aromatic N) is 3. The Morgan fingerprint density at radius 2 is 1.56 bits per heavy atom. The third kappa shape index (κ3) is 1.99. The molecule has 0 aliphatic heterocycles. The fraction of sp³-hybridized carbons (Fsp3) is 0.0909. The second-order valence-electron chi connectivity index (χ2n) is 6.46. The summed E-state index contributed by atoms with van der Waals surface area (Å²) >= 11 is 0. The van der Waals surface area contributed by atoms with Gasteiger partial charge in [0.05, 0.1) is 17.2 Å². The van der Waals surface area contributed by atoms with Gasteiger partial charge in [-0.3, -0.25) is 4.98 Å². The van der Waals surface area contributed by atoms with E-state index in [4.69, 9.17) is 0 Å². The molecule has 120 valence electrons. The van der Waals surface area contributed by atoms with Crippen LogP contribution in [0.5, 0.6) is 0 Å². The van der Waals surface area contributed by atoms with E-state index in [-0.39, 0.29) is 0 Å². The third-order valence-corrected chi connectivity index (χ3v) is 4.90. The molecule has 3 heterocycles. The molecule has 0 N–H and O–H groups in total. The molecule has 0 fully saturated rings. The first kappa shape index (κ1) is 14.2. The Kier molecular flexibility index (Phi) is 2.92. The maximum atomic E-state index is 4.67. The van der Waals surface area contributed by atoms with Crippen LogP contribution in [-0.4, -0.2) is 14.6 Å². The summed E-state index contributed by atoms with van der Waals surface area (Å²) in [5.41, 5.74) is 6.73. The van der Waals surface area contributed by atoms with Crippen molar-refractivity contribution in [2.24, 2.45) is 0 Å². The van der Waals surface area contributed by atoms with Crippen molar-refractivity contribution in [1.29, 1.82) is 0 Å². The quantitative estimate of drug-likeness (QED) is 0.391. The number of fused-ring (bicyclic) bond motifs is 6. The Bertz CT molecular complexity index is 1260. The lowest BCUT2D eigenvalue weighted by atomic mass is 9.95. The Balaban J connectivity index is 2.04. The number of pyridine rings is 2. The smallest absolute Gasteiger partial charge is 0.0747 e. The summed E-state index contributed by atoms with van der Waals surface area (Å²) in [4.78, 5) is 4.67. The van der Waals surface area contributed by atoms with E-state index in [1.165, 1.54) is 27.3 Å². The van der Waals surface area contributed by atoms with Crippen LogP contribution >= 0.6 is 0 Å². The van der Waals surface area contributed by atoms with E-state index in [1.54, 1.807) is 0 Å². The topological polar surface area (TPSA) is 30.2 Å². The Morgan fingerprint density at radius 1 is 0.720 bits per heavy atom. The van der Waals surface area contributed by atoms with Crippen molar-refractivity contribution >= 4 is 27.2 Å². The number of aryl methyl sites for hydroxylation is 2. The predicted octanol–water partition coefficient (Wildman–Crippen LogP) is 5.32. The largest absolute Gasteiger partial charge is 0.258 e. The van der Waals surface area contributed by atoms with Gasteiger partial charge in [-0.05, 0) is 43.0 Å². The molecule has 3 nitrogen and oxygen atoms in total. The van der Waals surface area contributed by atoms with Gasteiger partial charge in [0.2, 0.25) is 0 Å². The van der Waals surface area contributed by atoms with Gasteiger partial charge in [0.1, 0.15) is 0 Å². The fourth-order valence-electron chi connectivity index (χ4n) is 3.82. The molecule has 0 bridgehead atoms. The zero-order valence-electron chi connectivity index (χ0n) is 14.2. The van der Waals surface area contributed by atoms with Crippen molar-refractivity contribution < 1.29 is 0 Å². The number of hydrogen-bond donors (Lipinski definition) is 0. The molecular formula is C22H17N3. The van der Waals surface area contributed by atoms with Gasteiger partial charge in [0, 0.05) is 27.7 Å². The van der Waals surface area contributed by atoms with Crippen molar-refractivity contribution in [3.8, 4) is 11.1 Å². The second kappa shape index (κ2) is 5.15. The van der Waals surface area contributed by atoms with E-state index < -0.39 is 0 Å². The van der Waals surface area contributed by atoms with Gasteiger partial charge >= 0.3 is 0 Å². The standard InChI is InChI=1S/C22H17N3/c1-14-10-11-16(15(2)24-14)18-8-5-9-21-22(18)19-7-4-3-6-17(19)20-12-13-23-25(20)21/h3-13H,1-2H3. The summed E-state index contributed by atoms with van der Waals surface area (Å²) in [7, 11) is 0. The maximum Gasteiger partial charge on any atom is 0.0747 e. The lowest BCUT2D eigenvalue weighted by Gasteiger charge is -2.14. The molecule has 0 spiro atoms.